The average Bonchev–Trinajstić information content (AvgIpc) is 3.07. The number of hydrogen-bond donors (Lipinski definition) is 0. The molecule has 3 fully saturated rings. The molecule has 3 saturated heterocycles. The molecule has 3 heterocycles. The first kappa shape index (κ1) is 27.4. The van der Waals surface area contributed by atoms with Gasteiger partial charge >= 0.3 is 5.97 Å². The molecule has 36 heavy (non-hydrogen) atoms. The highest BCUT2D eigenvalue weighted by molar-refractivity contribution is 5.69. The fraction of sp³-hybridized carbons (Fsp3) is 0.741. The standard InChI is InChI=1S/C27H40O9/c1-8-31-21(28)14-15-29-16-17-30-18-20-24(4)25(5,33-22(32-20)19-12-10-9-11-13-19)26(6)27(7,36-24)35-23(2,3)34-26/h9-13,20,22H,8,14-18H2,1-7H3/t20?,22?,24-,25+,26-,27+/m1/s1. The summed E-state index contributed by atoms with van der Waals surface area (Å²) >= 11 is 0. The van der Waals surface area contributed by atoms with Crippen LogP contribution in [-0.4, -0.2) is 73.5 Å². The maximum atomic E-state index is 11.4. The number of ether oxygens (including phenoxy) is 8. The molecule has 0 aliphatic carbocycles. The lowest BCUT2D eigenvalue weighted by molar-refractivity contribution is -0.387. The van der Waals surface area contributed by atoms with Crippen molar-refractivity contribution in [2.45, 2.75) is 95.7 Å². The summed E-state index contributed by atoms with van der Waals surface area (Å²) in [6.45, 7) is 15.0. The van der Waals surface area contributed by atoms with Crippen LogP contribution >= 0.6 is 0 Å². The topological polar surface area (TPSA) is 90.9 Å². The zero-order valence-corrected chi connectivity index (χ0v) is 22.5. The fourth-order valence-electron chi connectivity index (χ4n) is 5.67. The molecule has 0 saturated carbocycles. The van der Waals surface area contributed by atoms with Crippen molar-refractivity contribution < 1.29 is 42.7 Å². The van der Waals surface area contributed by atoms with Gasteiger partial charge < -0.3 is 37.9 Å². The number of esters is 1. The van der Waals surface area contributed by atoms with E-state index in [-0.39, 0.29) is 25.6 Å². The Kier molecular flexibility index (Phi) is 7.58. The Morgan fingerprint density at radius 3 is 2.28 bits per heavy atom. The van der Waals surface area contributed by atoms with Crippen molar-refractivity contribution in [3.05, 3.63) is 35.9 Å². The van der Waals surface area contributed by atoms with Crippen molar-refractivity contribution in [2.24, 2.45) is 0 Å². The Morgan fingerprint density at radius 1 is 0.889 bits per heavy atom. The lowest BCUT2D eigenvalue weighted by Crippen LogP contribution is -2.70. The third-order valence-corrected chi connectivity index (χ3v) is 7.74. The molecule has 9 heteroatoms. The maximum Gasteiger partial charge on any atom is 0.308 e. The van der Waals surface area contributed by atoms with E-state index >= 15 is 0 Å². The predicted molar refractivity (Wildman–Crippen MR) is 129 cm³/mol. The monoisotopic (exact) mass is 508 g/mol. The van der Waals surface area contributed by atoms with Crippen LogP contribution in [0.5, 0.6) is 0 Å². The van der Waals surface area contributed by atoms with Gasteiger partial charge in [0.25, 0.3) is 0 Å². The molecule has 0 amide bonds. The van der Waals surface area contributed by atoms with E-state index < -0.39 is 40.8 Å². The molecule has 4 rings (SSSR count). The molecule has 0 bridgehead atoms. The first-order valence-corrected chi connectivity index (χ1v) is 12.7. The molecule has 0 aromatic heterocycles. The molecule has 9 nitrogen and oxygen atoms in total. The van der Waals surface area contributed by atoms with Gasteiger partial charge in [0.2, 0.25) is 5.79 Å². The summed E-state index contributed by atoms with van der Waals surface area (Å²) in [6, 6.07) is 9.80. The van der Waals surface area contributed by atoms with E-state index in [2.05, 4.69) is 0 Å². The Labute approximate surface area is 213 Å². The molecule has 3 aliphatic rings. The highest BCUT2D eigenvalue weighted by Gasteiger charge is 2.83. The molecule has 202 valence electrons. The van der Waals surface area contributed by atoms with E-state index in [1.165, 1.54) is 0 Å². The van der Waals surface area contributed by atoms with E-state index in [4.69, 9.17) is 37.9 Å². The van der Waals surface area contributed by atoms with Crippen LogP contribution in [0.3, 0.4) is 0 Å². The molecular formula is C27H40O9. The third kappa shape index (κ3) is 4.60. The lowest BCUT2D eigenvalue weighted by Gasteiger charge is -2.54. The van der Waals surface area contributed by atoms with Crippen molar-refractivity contribution in [1.29, 1.82) is 0 Å². The zero-order chi connectivity index (χ0) is 26.2. The number of benzene rings is 1. The van der Waals surface area contributed by atoms with Crippen molar-refractivity contribution in [3.8, 4) is 0 Å². The highest BCUT2D eigenvalue weighted by Crippen LogP contribution is 2.65. The molecule has 1 aromatic rings. The number of rotatable bonds is 10. The van der Waals surface area contributed by atoms with E-state index in [0.717, 1.165) is 5.56 Å². The highest BCUT2D eigenvalue weighted by atomic mass is 16.9. The molecule has 3 aliphatic heterocycles. The molecule has 0 radical (unpaired) electrons. The van der Waals surface area contributed by atoms with Gasteiger partial charge in [0, 0.05) is 5.56 Å². The van der Waals surface area contributed by atoms with Gasteiger partial charge in [-0.15, -0.1) is 0 Å². The molecule has 1 aromatic carbocycles. The van der Waals surface area contributed by atoms with Crippen LogP contribution in [0, 0.1) is 0 Å². The number of carbonyl (C=O) groups excluding carboxylic acids is 1. The summed E-state index contributed by atoms with van der Waals surface area (Å²) in [6.07, 6.45) is -0.919. The van der Waals surface area contributed by atoms with Crippen molar-refractivity contribution in [2.75, 3.05) is 33.0 Å². The second-order valence-electron chi connectivity index (χ2n) is 10.6. The summed E-state index contributed by atoms with van der Waals surface area (Å²) in [5.74, 6) is -2.18. The van der Waals surface area contributed by atoms with Gasteiger partial charge in [0.1, 0.15) is 17.3 Å². The van der Waals surface area contributed by atoms with Crippen LogP contribution in [0.4, 0.5) is 0 Å². The van der Waals surface area contributed by atoms with Crippen LogP contribution in [0.1, 0.15) is 66.7 Å². The summed E-state index contributed by atoms with van der Waals surface area (Å²) in [7, 11) is 0. The van der Waals surface area contributed by atoms with Crippen LogP contribution in [0.15, 0.2) is 30.3 Å². The van der Waals surface area contributed by atoms with Gasteiger partial charge in [-0.1, -0.05) is 30.3 Å². The first-order chi connectivity index (χ1) is 16.9. The Morgan fingerprint density at radius 2 is 1.58 bits per heavy atom. The third-order valence-electron chi connectivity index (χ3n) is 7.74. The smallest absolute Gasteiger partial charge is 0.308 e. The van der Waals surface area contributed by atoms with Gasteiger partial charge in [-0.3, -0.25) is 4.79 Å². The quantitative estimate of drug-likeness (QED) is 0.345. The van der Waals surface area contributed by atoms with Gasteiger partial charge in [-0.2, -0.15) is 0 Å². The Hall–Kier alpha value is -1.59. The van der Waals surface area contributed by atoms with Crippen LogP contribution < -0.4 is 0 Å². The summed E-state index contributed by atoms with van der Waals surface area (Å²) in [5.41, 5.74) is -1.92. The minimum Gasteiger partial charge on any atom is -0.466 e. The number of carbonyl (C=O) groups is 1. The fourth-order valence-corrected chi connectivity index (χ4v) is 5.67. The second kappa shape index (κ2) is 9.94. The minimum absolute atomic E-state index is 0.216. The Balaban J connectivity index is 1.48. The second-order valence-corrected chi connectivity index (χ2v) is 10.6. The minimum atomic E-state index is -1.07. The molecular weight excluding hydrogens is 468 g/mol. The van der Waals surface area contributed by atoms with Crippen molar-refractivity contribution in [3.63, 3.8) is 0 Å². The molecule has 0 spiro atoms. The first-order valence-electron chi connectivity index (χ1n) is 12.7. The number of fused-ring (bicyclic) bond motifs is 3. The molecule has 2 unspecified atom stereocenters. The normalized spacial score (nSPS) is 39.0. The molecule has 0 N–H and O–H groups in total. The molecule has 6 atom stereocenters. The van der Waals surface area contributed by atoms with Gasteiger partial charge in [-0.25, -0.2) is 0 Å². The van der Waals surface area contributed by atoms with Gasteiger partial charge in [0.15, 0.2) is 17.7 Å². The number of hydrogen-bond acceptors (Lipinski definition) is 9. The largest absolute Gasteiger partial charge is 0.466 e. The van der Waals surface area contributed by atoms with Crippen LogP contribution in [-0.2, 0) is 42.7 Å². The van der Waals surface area contributed by atoms with E-state index in [0.29, 0.717) is 19.8 Å². The van der Waals surface area contributed by atoms with E-state index in [1.54, 1.807) is 6.92 Å². The van der Waals surface area contributed by atoms with Crippen LogP contribution in [0.25, 0.3) is 0 Å². The van der Waals surface area contributed by atoms with Gasteiger partial charge in [-0.05, 0) is 48.5 Å². The maximum absolute atomic E-state index is 11.4. The summed E-state index contributed by atoms with van der Waals surface area (Å²) < 4.78 is 49.1. The van der Waals surface area contributed by atoms with Crippen molar-refractivity contribution in [1.82, 2.24) is 0 Å². The SMILES string of the molecule is CCOC(=O)CCOCCOCC1OC(c2ccccc2)O[C@]2(C)[C@@]3(C)OC(C)(C)O[C@@]3(C)O[C@]12C. The zero-order valence-electron chi connectivity index (χ0n) is 22.5. The van der Waals surface area contributed by atoms with E-state index in [1.807, 2.05) is 71.9 Å². The van der Waals surface area contributed by atoms with Crippen molar-refractivity contribution >= 4 is 5.97 Å². The van der Waals surface area contributed by atoms with E-state index in [9.17, 15) is 4.79 Å². The van der Waals surface area contributed by atoms with Gasteiger partial charge in [0.05, 0.1) is 39.5 Å². The summed E-state index contributed by atoms with van der Waals surface area (Å²) in [5, 5.41) is 0. The lowest BCUT2D eigenvalue weighted by atomic mass is 9.70. The van der Waals surface area contributed by atoms with Crippen LogP contribution in [0.2, 0.25) is 0 Å². The summed E-state index contributed by atoms with van der Waals surface area (Å²) in [4.78, 5) is 11.4. The predicted octanol–water partition coefficient (Wildman–Crippen LogP) is 3.89. The Bertz CT molecular complexity index is 923. The average molecular weight is 509 g/mol.